The van der Waals surface area contributed by atoms with Gasteiger partial charge in [-0.2, -0.15) is 10.4 Å². The zero-order chi connectivity index (χ0) is 83.9. The third kappa shape index (κ3) is 19.6. The van der Waals surface area contributed by atoms with Crippen molar-refractivity contribution in [2.75, 3.05) is 56.6 Å². The fourth-order valence-corrected chi connectivity index (χ4v) is 13.8. The van der Waals surface area contributed by atoms with Gasteiger partial charge >= 0.3 is 0 Å². The minimum absolute atomic E-state index is 0.218. The minimum atomic E-state index is -0.262. The van der Waals surface area contributed by atoms with Gasteiger partial charge in [0.25, 0.3) is 0 Å². The van der Waals surface area contributed by atoms with Crippen molar-refractivity contribution in [2.24, 2.45) is 7.05 Å². The van der Waals surface area contributed by atoms with Gasteiger partial charge in [0, 0.05) is 197 Å². The molecule has 16 rings (SSSR count). The Morgan fingerprint density at radius 3 is 1.15 bits per heavy atom. The number of hydrogen-bond donors (Lipinski definition) is 8. The summed E-state index contributed by atoms with van der Waals surface area (Å²) in [4.78, 5) is 22.7. The molecule has 6 heterocycles. The number of nitrogens with zero attached hydrogens (tertiary/aromatic N) is 8. The second-order valence-corrected chi connectivity index (χ2v) is 27.6. The molecule has 0 amide bonds. The van der Waals surface area contributed by atoms with Crippen LogP contribution in [0, 0.1) is 65.4 Å². The van der Waals surface area contributed by atoms with Gasteiger partial charge in [-0.15, -0.1) is 0 Å². The van der Waals surface area contributed by atoms with Crippen LogP contribution in [0.25, 0.3) is 123 Å². The van der Waals surface area contributed by atoms with E-state index in [0.29, 0.717) is 22.4 Å². The fourth-order valence-electron chi connectivity index (χ4n) is 13.8. The number of hydrogen-bond acceptors (Lipinski definition) is 16. The van der Waals surface area contributed by atoms with E-state index in [9.17, 15) is 8.78 Å². The first-order valence-corrected chi connectivity index (χ1v) is 38.3. The van der Waals surface area contributed by atoms with E-state index in [4.69, 9.17) is 31.6 Å². The molecule has 0 aliphatic carbocycles. The molecule has 0 radical (unpaired) electrons. The van der Waals surface area contributed by atoms with Gasteiger partial charge in [0.15, 0.2) is 0 Å². The molecule has 0 saturated heterocycles. The summed E-state index contributed by atoms with van der Waals surface area (Å²) >= 11 is 0. The summed E-state index contributed by atoms with van der Waals surface area (Å²) in [5.74, 6) is 0.324. The van der Waals surface area contributed by atoms with Crippen molar-refractivity contribution < 1.29 is 13.5 Å². The van der Waals surface area contributed by atoms with Crippen LogP contribution >= 0.6 is 0 Å². The molecule has 0 atom stereocenters. The smallest absolute Gasteiger partial charge is 0.132 e. The van der Waals surface area contributed by atoms with E-state index in [1.807, 2.05) is 241 Å². The van der Waals surface area contributed by atoms with E-state index < -0.39 is 0 Å². The number of fused-ring (bicyclic) bond motifs is 1. The molecular formula is C100H88F2N16O. The van der Waals surface area contributed by atoms with E-state index >= 15 is 0 Å². The molecule has 6 aromatic heterocycles. The molecule has 0 aliphatic heterocycles. The fraction of sp³-hybridized carbons (Fsp3) is 0.0900. The third-order valence-corrected chi connectivity index (χ3v) is 20.0. The minimum Gasteiger partial charge on any atom is -0.497 e. The molecule has 17 nitrogen and oxygen atoms in total. The number of anilines is 4. The zero-order valence-electron chi connectivity index (χ0n) is 67.3. The van der Waals surface area contributed by atoms with Crippen LogP contribution in [0.5, 0.6) is 5.75 Å². The van der Waals surface area contributed by atoms with Crippen LogP contribution in [0.3, 0.4) is 0 Å². The highest BCUT2D eigenvalue weighted by molar-refractivity contribution is 5.95. The van der Waals surface area contributed by atoms with E-state index in [2.05, 4.69) is 113 Å². The monoisotopic (exact) mass is 1570 g/mol. The maximum Gasteiger partial charge on any atom is 0.132 e. The van der Waals surface area contributed by atoms with Crippen molar-refractivity contribution in [2.45, 2.75) is 20.8 Å². The van der Waals surface area contributed by atoms with Crippen LogP contribution in [0.4, 0.5) is 31.5 Å². The second kappa shape index (κ2) is 39.5. The molecule has 16 aromatic rings. The summed E-state index contributed by atoms with van der Waals surface area (Å²) in [6.45, 7) is 5.79. The molecule has 0 saturated carbocycles. The Morgan fingerprint density at radius 1 is 0.361 bits per heavy atom. The quantitative estimate of drug-likeness (QED) is 0.0352. The largest absolute Gasteiger partial charge is 0.497 e. The maximum absolute atomic E-state index is 14.4. The standard InChI is InChI=1S/C20H16FN3.C20H18FN3.C20H16N4.C20H19N3O.C20H19N3/c1-13-5-8-18(21)17(10-13)20-16(4-3-9-22-20)14-6-7-15-12-23-24(2)19(15)11-14;1-13-10-15(7-8-18(13)21)20-17(4-3-9-24-20)14-5-6-16(12-22)19(11-14)23-2;1-23-19-11-15(7-8-17(19)13-22)18-6-3-9-24-20(18)16-5-2-4-14(10-16)12-21;1-22-19-12-14(8-9-16(19)13-21)18-7-4-10-23-20(18)15-5-3-6-17(11-15)24-2;1-14-5-3-6-16(11-14)20-18(7-4-10-23-20)15-8-9-17(13-21)19(12-15)22-2/h3-12H,1-2H3;3-12,22-23H,1-2H3;2-11,13,22-23H,1H3;3-13,21-22H,1-2H3;3-13,21-22H,1-2H3. The number of aromatic nitrogens is 7. The average Bonchev–Trinajstić information content (AvgIpc) is 1.79. The number of halogens is 2. The number of nitrogens with one attached hydrogen (secondary N) is 8. The third-order valence-electron chi connectivity index (χ3n) is 20.0. The SMILES string of the molecule is CNc1cc(-c2cccnc2-c2ccc(F)c(C)c2)ccc1C=N.CNc1cc(-c2cccnc2-c2cccc(C#N)c2)ccc1C=N.CNc1cc(-c2cccnc2-c2cccc(C)c2)ccc1C=N.CNc1cc(-c2cccnc2-c2cccc(OC)c2)ccc1C=N.Cc1ccc(F)c(-c2ncccc2-c2ccc3cnn(C)c3c2)c1. The Balaban J connectivity index is 0.000000137. The van der Waals surface area contributed by atoms with Gasteiger partial charge in [0.2, 0.25) is 0 Å². The van der Waals surface area contributed by atoms with Crippen molar-refractivity contribution in [1.82, 2.24) is 34.7 Å². The number of rotatable bonds is 19. The molecule has 0 aliphatic rings. The topological polar surface area (TPSA) is 259 Å². The van der Waals surface area contributed by atoms with Gasteiger partial charge in [-0.3, -0.25) is 29.6 Å². The molecular weight excluding hydrogens is 1480 g/mol. The number of aryl methyl sites for hydroxylation is 4. The Kier molecular flexibility index (Phi) is 27.5. The maximum atomic E-state index is 14.4. The number of pyridine rings is 5. The number of nitriles is 1. The molecule has 19 heteroatoms. The van der Waals surface area contributed by atoms with Gasteiger partial charge in [-0.25, -0.2) is 8.78 Å². The summed E-state index contributed by atoms with van der Waals surface area (Å²) in [5, 5.41) is 56.9. The molecule has 8 N–H and O–H groups in total. The molecule has 119 heavy (non-hydrogen) atoms. The first kappa shape index (κ1) is 82.9. The van der Waals surface area contributed by atoms with Crippen molar-refractivity contribution >= 4 is 58.5 Å². The average molecular weight is 1570 g/mol. The van der Waals surface area contributed by atoms with Crippen molar-refractivity contribution in [3.8, 4) is 124 Å². The first-order chi connectivity index (χ1) is 58.0. The number of benzene rings is 10. The molecule has 0 spiro atoms. The molecule has 0 fully saturated rings. The van der Waals surface area contributed by atoms with Crippen LogP contribution in [-0.2, 0) is 7.05 Å². The van der Waals surface area contributed by atoms with Gasteiger partial charge in [0.05, 0.1) is 58.9 Å². The van der Waals surface area contributed by atoms with Crippen LogP contribution in [-0.4, -0.2) is 94.9 Å². The Hall–Kier alpha value is -15.6. The lowest BCUT2D eigenvalue weighted by Crippen LogP contribution is -1.96. The molecule has 0 bridgehead atoms. The summed E-state index contributed by atoms with van der Waals surface area (Å²) < 4.78 is 35.1. The van der Waals surface area contributed by atoms with E-state index in [1.165, 1.54) is 42.6 Å². The number of methoxy groups -OCH3 is 1. The predicted octanol–water partition coefficient (Wildman–Crippen LogP) is 23.2. The van der Waals surface area contributed by atoms with Gasteiger partial charge in [-0.05, 0) is 175 Å². The molecule has 588 valence electrons. The summed E-state index contributed by atoms with van der Waals surface area (Å²) in [6, 6.07) is 85.7. The highest BCUT2D eigenvalue weighted by Gasteiger charge is 2.19. The van der Waals surface area contributed by atoms with E-state index in [-0.39, 0.29) is 11.6 Å². The zero-order valence-corrected chi connectivity index (χ0v) is 67.3. The lowest BCUT2D eigenvalue weighted by Gasteiger charge is -2.12. The van der Waals surface area contributed by atoms with Crippen LogP contribution in [0.1, 0.15) is 44.5 Å². The van der Waals surface area contributed by atoms with Gasteiger partial charge < -0.3 is 47.6 Å². The highest BCUT2D eigenvalue weighted by Crippen LogP contribution is 2.40. The van der Waals surface area contributed by atoms with Crippen LogP contribution < -0.4 is 26.0 Å². The highest BCUT2D eigenvalue weighted by atomic mass is 19.1. The Labute approximate surface area is 692 Å². The van der Waals surface area contributed by atoms with E-state index in [0.717, 1.165) is 168 Å². The van der Waals surface area contributed by atoms with E-state index in [1.54, 1.807) is 57.0 Å². The van der Waals surface area contributed by atoms with Crippen molar-refractivity contribution in [3.63, 3.8) is 0 Å². The first-order valence-electron chi connectivity index (χ1n) is 38.3. The Morgan fingerprint density at radius 2 is 0.731 bits per heavy atom. The van der Waals surface area contributed by atoms with Crippen LogP contribution in [0.2, 0.25) is 0 Å². The lowest BCUT2D eigenvalue weighted by molar-refractivity contribution is 0.415. The molecule has 0 unspecified atom stereocenters. The summed E-state index contributed by atoms with van der Waals surface area (Å²) in [7, 11) is 11.0. The molecule has 10 aromatic carbocycles. The normalized spacial score (nSPS) is 10.4. The Bertz CT molecular complexity index is 6410. The number of ether oxygens (including phenoxy) is 1. The second-order valence-electron chi connectivity index (χ2n) is 27.6. The summed E-state index contributed by atoms with van der Waals surface area (Å²) in [6.07, 6.45) is 16.0. The van der Waals surface area contributed by atoms with Crippen molar-refractivity contribution in [3.05, 3.63) is 354 Å². The lowest BCUT2D eigenvalue weighted by atomic mass is 9.97. The summed E-state index contributed by atoms with van der Waals surface area (Å²) in [5.41, 5.74) is 30.2. The van der Waals surface area contributed by atoms with Gasteiger partial charge in [0.1, 0.15) is 17.4 Å². The predicted molar refractivity (Wildman–Crippen MR) is 485 cm³/mol. The van der Waals surface area contributed by atoms with Crippen molar-refractivity contribution in [1.29, 1.82) is 26.9 Å². The van der Waals surface area contributed by atoms with Gasteiger partial charge in [-0.1, -0.05) is 151 Å². The van der Waals surface area contributed by atoms with Crippen LogP contribution in [0.15, 0.2) is 298 Å².